The van der Waals surface area contributed by atoms with Crippen LogP contribution in [0, 0.1) is 5.41 Å². The van der Waals surface area contributed by atoms with Gasteiger partial charge in [-0.1, -0.05) is 30.7 Å². The Bertz CT molecular complexity index is 1590. The van der Waals surface area contributed by atoms with E-state index in [1.165, 1.54) is 12.1 Å². The lowest BCUT2D eigenvalue weighted by atomic mass is 9.91. The summed E-state index contributed by atoms with van der Waals surface area (Å²) < 4.78 is 35.3. The van der Waals surface area contributed by atoms with E-state index in [0.717, 1.165) is 6.29 Å². The van der Waals surface area contributed by atoms with Gasteiger partial charge in [0.2, 0.25) is 10.0 Å². The SMILES string of the molecule is N=c1ccc2c(-c3ccccc3C=O)c3ccc(N)c(S(=O)(=O)NCCCCCC(=O)O)c3oc-2c1. The lowest BCUT2D eigenvalue weighted by Crippen LogP contribution is -2.26. The first kappa shape index (κ1) is 25.1. The third-order valence-corrected chi connectivity index (χ3v) is 7.40. The molecule has 0 aromatic heterocycles. The van der Waals surface area contributed by atoms with Gasteiger partial charge in [-0.05, 0) is 42.7 Å². The Labute approximate surface area is 207 Å². The van der Waals surface area contributed by atoms with Crippen LogP contribution in [0.4, 0.5) is 5.69 Å². The Morgan fingerprint density at radius 3 is 2.58 bits per heavy atom. The summed E-state index contributed by atoms with van der Waals surface area (Å²) in [5.74, 6) is -0.614. The second-order valence-corrected chi connectivity index (χ2v) is 10.1. The number of hydrogen-bond donors (Lipinski definition) is 4. The van der Waals surface area contributed by atoms with Gasteiger partial charge < -0.3 is 20.7 Å². The summed E-state index contributed by atoms with van der Waals surface area (Å²) in [7, 11) is -4.12. The average molecular weight is 508 g/mol. The Hall–Kier alpha value is -4.02. The molecule has 10 heteroatoms. The number of hydrogen-bond acceptors (Lipinski definition) is 7. The maximum atomic E-state index is 13.3. The lowest BCUT2D eigenvalue weighted by Gasteiger charge is -2.19. The molecule has 0 spiro atoms. The number of aldehydes is 1. The number of nitrogen functional groups attached to an aromatic ring is 1. The van der Waals surface area contributed by atoms with E-state index in [1.807, 2.05) is 0 Å². The molecule has 0 fully saturated rings. The summed E-state index contributed by atoms with van der Waals surface area (Å²) >= 11 is 0. The largest absolute Gasteiger partial charge is 0.481 e. The second kappa shape index (κ2) is 10.3. The molecule has 2 aromatic carbocycles. The standard InChI is InChI=1S/C26H25N3O6S/c27-17-9-10-19-22(14-17)35-25-20(24(19)18-7-4-3-6-16(18)15-30)11-12-21(28)26(25)36(33,34)29-13-5-1-2-8-23(31)32/h3-4,6-7,9-12,14-15,27,29H,1-2,5,8,13,28H2,(H,31,32). The molecule has 0 saturated carbocycles. The van der Waals surface area contributed by atoms with Crippen LogP contribution in [0.5, 0.6) is 0 Å². The second-order valence-electron chi connectivity index (χ2n) is 8.36. The summed E-state index contributed by atoms with van der Waals surface area (Å²) in [6.07, 6.45) is 2.21. The summed E-state index contributed by atoms with van der Waals surface area (Å²) in [5, 5.41) is 17.4. The summed E-state index contributed by atoms with van der Waals surface area (Å²) in [6, 6.07) is 14.9. The van der Waals surface area contributed by atoms with Crippen LogP contribution in [-0.2, 0) is 14.8 Å². The molecule has 0 unspecified atom stereocenters. The molecule has 0 amide bonds. The number of nitrogens with one attached hydrogen (secondary N) is 2. The predicted octanol–water partition coefficient (Wildman–Crippen LogP) is 4.00. The minimum Gasteiger partial charge on any atom is -0.481 e. The monoisotopic (exact) mass is 507 g/mol. The van der Waals surface area contributed by atoms with Crippen LogP contribution in [0.1, 0.15) is 36.0 Å². The van der Waals surface area contributed by atoms with E-state index >= 15 is 0 Å². The fourth-order valence-corrected chi connectivity index (χ4v) is 5.53. The van der Waals surface area contributed by atoms with E-state index in [9.17, 15) is 18.0 Å². The third kappa shape index (κ3) is 5.00. The van der Waals surface area contributed by atoms with Gasteiger partial charge in [0.15, 0.2) is 11.9 Å². The number of fused-ring (bicyclic) bond motifs is 2. The van der Waals surface area contributed by atoms with Crippen molar-refractivity contribution < 1.29 is 27.5 Å². The minimum absolute atomic E-state index is 0.0133. The van der Waals surface area contributed by atoms with Crippen molar-refractivity contribution in [1.29, 1.82) is 5.41 Å². The number of rotatable bonds is 10. The summed E-state index contributed by atoms with van der Waals surface area (Å²) in [6.45, 7) is 0.100. The van der Waals surface area contributed by atoms with Gasteiger partial charge in [0.1, 0.15) is 10.7 Å². The first-order chi connectivity index (χ1) is 17.2. The Morgan fingerprint density at radius 2 is 1.83 bits per heavy atom. The molecule has 36 heavy (non-hydrogen) atoms. The van der Waals surface area contributed by atoms with Crippen LogP contribution in [0.2, 0.25) is 0 Å². The van der Waals surface area contributed by atoms with E-state index in [2.05, 4.69) is 4.72 Å². The summed E-state index contributed by atoms with van der Waals surface area (Å²) in [5.41, 5.74) is 8.37. The number of carboxylic acids is 1. The van der Waals surface area contributed by atoms with Crippen molar-refractivity contribution in [1.82, 2.24) is 4.72 Å². The van der Waals surface area contributed by atoms with Gasteiger partial charge in [-0.2, -0.15) is 0 Å². The first-order valence-electron chi connectivity index (χ1n) is 11.3. The number of sulfonamides is 1. The molecular weight excluding hydrogens is 482 g/mol. The number of carbonyl (C=O) groups is 2. The van der Waals surface area contributed by atoms with Crippen LogP contribution in [0.3, 0.4) is 0 Å². The van der Waals surface area contributed by atoms with Crippen LogP contribution in [-0.4, -0.2) is 32.3 Å². The number of carbonyl (C=O) groups excluding carboxylic acids is 1. The van der Waals surface area contributed by atoms with Crippen molar-refractivity contribution in [2.45, 2.75) is 30.6 Å². The zero-order valence-corrected chi connectivity index (χ0v) is 20.1. The van der Waals surface area contributed by atoms with E-state index in [4.69, 9.17) is 20.7 Å². The molecule has 0 radical (unpaired) electrons. The zero-order chi connectivity index (χ0) is 25.9. The van der Waals surface area contributed by atoms with Crippen LogP contribution >= 0.6 is 0 Å². The van der Waals surface area contributed by atoms with Gasteiger partial charge >= 0.3 is 5.97 Å². The highest BCUT2D eigenvalue weighted by Crippen LogP contribution is 2.43. The molecule has 0 atom stereocenters. The van der Waals surface area contributed by atoms with Crippen molar-refractivity contribution in [3.63, 3.8) is 0 Å². The fraction of sp³-hybridized carbons (Fsp3) is 0.192. The molecule has 0 bridgehead atoms. The van der Waals surface area contributed by atoms with Crippen molar-refractivity contribution >= 4 is 38.9 Å². The average Bonchev–Trinajstić information content (AvgIpc) is 2.84. The number of anilines is 1. The maximum absolute atomic E-state index is 13.3. The van der Waals surface area contributed by atoms with Gasteiger partial charge in [0.25, 0.3) is 0 Å². The quantitative estimate of drug-likeness (QED) is 0.109. The molecule has 9 nitrogen and oxygen atoms in total. The highest BCUT2D eigenvalue weighted by molar-refractivity contribution is 7.89. The molecule has 4 rings (SSSR count). The Kier molecular flexibility index (Phi) is 7.18. The number of aliphatic carboxylic acids is 1. The van der Waals surface area contributed by atoms with Crippen molar-refractivity contribution in [3.05, 3.63) is 65.5 Å². The molecule has 1 heterocycles. The maximum Gasteiger partial charge on any atom is 0.303 e. The lowest BCUT2D eigenvalue weighted by molar-refractivity contribution is -0.137. The van der Waals surface area contributed by atoms with Crippen molar-refractivity contribution in [2.24, 2.45) is 0 Å². The Balaban J connectivity index is 1.88. The molecule has 5 N–H and O–H groups in total. The smallest absolute Gasteiger partial charge is 0.303 e. The van der Waals surface area contributed by atoms with Gasteiger partial charge in [-0.3, -0.25) is 9.59 Å². The number of carboxylic acid groups (broad SMARTS) is 1. The van der Waals surface area contributed by atoms with E-state index in [0.29, 0.717) is 46.9 Å². The number of nitrogens with two attached hydrogens (primary N) is 1. The van der Waals surface area contributed by atoms with Crippen LogP contribution in [0.15, 0.2) is 63.9 Å². The molecule has 1 aliphatic carbocycles. The first-order valence-corrected chi connectivity index (χ1v) is 12.8. The molecule has 2 aliphatic rings. The third-order valence-electron chi connectivity index (χ3n) is 5.86. The number of unbranched alkanes of at least 4 members (excludes halogenated alkanes) is 2. The van der Waals surface area contributed by atoms with Gasteiger partial charge in [-0.15, -0.1) is 0 Å². The highest BCUT2D eigenvalue weighted by atomic mass is 32.2. The Morgan fingerprint density at radius 1 is 1.06 bits per heavy atom. The molecule has 1 aliphatic heterocycles. The minimum atomic E-state index is -4.12. The van der Waals surface area contributed by atoms with Crippen molar-refractivity contribution in [2.75, 3.05) is 12.3 Å². The van der Waals surface area contributed by atoms with Crippen LogP contribution in [0.25, 0.3) is 33.4 Å². The summed E-state index contributed by atoms with van der Waals surface area (Å²) in [4.78, 5) is 22.3. The van der Waals surface area contributed by atoms with E-state index in [1.54, 1.807) is 42.5 Å². The normalized spacial score (nSPS) is 11.7. The molecule has 186 valence electrons. The van der Waals surface area contributed by atoms with Crippen LogP contribution < -0.4 is 15.8 Å². The van der Waals surface area contributed by atoms with Crippen molar-refractivity contribution in [3.8, 4) is 22.5 Å². The van der Waals surface area contributed by atoms with Gasteiger partial charge in [0, 0.05) is 41.1 Å². The van der Waals surface area contributed by atoms with E-state index in [-0.39, 0.29) is 40.2 Å². The number of benzene rings is 3. The van der Waals surface area contributed by atoms with E-state index < -0.39 is 16.0 Å². The topological polar surface area (TPSA) is 164 Å². The molecule has 2 aromatic rings. The molecule has 0 saturated heterocycles. The van der Waals surface area contributed by atoms with Gasteiger partial charge in [0.05, 0.1) is 11.0 Å². The fourth-order valence-electron chi connectivity index (χ4n) is 4.20. The predicted molar refractivity (Wildman–Crippen MR) is 135 cm³/mol. The highest BCUT2D eigenvalue weighted by Gasteiger charge is 2.27. The molecular formula is C26H25N3O6S. The van der Waals surface area contributed by atoms with Gasteiger partial charge in [-0.25, -0.2) is 13.1 Å². The zero-order valence-electron chi connectivity index (χ0n) is 19.3.